The summed E-state index contributed by atoms with van der Waals surface area (Å²) in [7, 11) is 0. The summed E-state index contributed by atoms with van der Waals surface area (Å²) in [6.07, 6.45) is 2.52. The minimum Gasteiger partial charge on any atom is -0.478 e. The third kappa shape index (κ3) is 3.25. The number of anilines is 1. The summed E-state index contributed by atoms with van der Waals surface area (Å²) in [5, 5.41) is 12.0. The lowest BCUT2D eigenvalue weighted by Crippen LogP contribution is -2.10. The smallest absolute Gasteiger partial charge is 0.339 e. The molecule has 0 saturated heterocycles. The van der Waals surface area contributed by atoms with Crippen LogP contribution in [0.4, 0.5) is 10.1 Å². The molecule has 2 rings (SSSR count). The van der Waals surface area contributed by atoms with Crippen LogP contribution in [0.25, 0.3) is 0 Å². The molecule has 0 unspecified atom stereocenters. The fourth-order valence-electron chi connectivity index (χ4n) is 1.47. The van der Waals surface area contributed by atoms with Gasteiger partial charge in [0, 0.05) is 11.9 Å². The summed E-state index contributed by atoms with van der Waals surface area (Å²) in [6, 6.07) is 4.43. The van der Waals surface area contributed by atoms with E-state index in [1.54, 1.807) is 12.1 Å². The highest BCUT2D eigenvalue weighted by molar-refractivity contribution is 9.10. The number of nitrogens with one attached hydrogen (secondary N) is 1. The normalized spacial score (nSPS) is 10.2. The van der Waals surface area contributed by atoms with Crippen molar-refractivity contribution in [1.82, 2.24) is 9.97 Å². The molecule has 0 fully saturated rings. The highest BCUT2D eigenvalue weighted by Crippen LogP contribution is 2.20. The highest BCUT2D eigenvalue weighted by atomic mass is 79.9. The van der Waals surface area contributed by atoms with E-state index in [4.69, 9.17) is 5.11 Å². The maximum absolute atomic E-state index is 13.1. The summed E-state index contributed by atoms with van der Waals surface area (Å²) < 4.78 is 13.4. The molecular weight excluding hydrogens is 317 g/mol. The van der Waals surface area contributed by atoms with Crippen molar-refractivity contribution in [2.75, 3.05) is 5.32 Å². The maximum Gasteiger partial charge on any atom is 0.339 e. The van der Waals surface area contributed by atoms with E-state index in [2.05, 4.69) is 31.2 Å². The van der Waals surface area contributed by atoms with Crippen molar-refractivity contribution in [3.05, 3.63) is 52.3 Å². The number of aromatic nitrogens is 2. The number of hydrogen-bond acceptors (Lipinski definition) is 4. The van der Waals surface area contributed by atoms with E-state index < -0.39 is 5.97 Å². The van der Waals surface area contributed by atoms with Crippen LogP contribution in [-0.2, 0) is 6.54 Å². The van der Waals surface area contributed by atoms with E-state index in [1.165, 1.54) is 18.6 Å². The Bertz CT molecular complexity index is 622. The van der Waals surface area contributed by atoms with Crippen LogP contribution < -0.4 is 5.32 Å². The Morgan fingerprint density at radius 1 is 1.47 bits per heavy atom. The average molecular weight is 326 g/mol. The van der Waals surface area contributed by atoms with Gasteiger partial charge in [0.1, 0.15) is 17.7 Å². The number of aromatic carboxylic acids is 1. The van der Waals surface area contributed by atoms with Crippen molar-refractivity contribution in [3.63, 3.8) is 0 Å². The Morgan fingerprint density at radius 2 is 2.26 bits per heavy atom. The van der Waals surface area contributed by atoms with Crippen LogP contribution in [0.1, 0.15) is 16.1 Å². The van der Waals surface area contributed by atoms with Gasteiger partial charge in [0.15, 0.2) is 0 Å². The van der Waals surface area contributed by atoms with E-state index in [0.29, 0.717) is 15.9 Å². The number of halogens is 2. The quantitative estimate of drug-likeness (QED) is 0.903. The summed E-state index contributed by atoms with van der Waals surface area (Å²) in [4.78, 5) is 18.6. The van der Waals surface area contributed by atoms with Gasteiger partial charge in [-0.15, -0.1) is 0 Å². The van der Waals surface area contributed by atoms with Crippen LogP contribution in [0.2, 0.25) is 0 Å². The van der Waals surface area contributed by atoms with Crippen molar-refractivity contribution in [2.45, 2.75) is 6.54 Å². The Hall–Kier alpha value is -2.02. The highest BCUT2D eigenvalue weighted by Gasteiger charge is 2.11. The zero-order valence-corrected chi connectivity index (χ0v) is 11.2. The van der Waals surface area contributed by atoms with Gasteiger partial charge in [0.25, 0.3) is 0 Å². The Kier molecular flexibility index (Phi) is 4.06. The molecule has 1 heterocycles. The van der Waals surface area contributed by atoms with Gasteiger partial charge in [-0.25, -0.2) is 19.2 Å². The number of hydrogen-bond donors (Lipinski definition) is 2. The fourth-order valence-corrected chi connectivity index (χ4v) is 1.85. The molecule has 1 aromatic heterocycles. The van der Waals surface area contributed by atoms with Gasteiger partial charge in [-0.2, -0.15) is 0 Å². The zero-order valence-electron chi connectivity index (χ0n) is 9.60. The van der Waals surface area contributed by atoms with E-state index in [-0.39, 0.29) is 17.9 Å². The standard InChI is InChI=1S/C12H9BrFN3O2/c13-9-3-7(1-2-10(9)14)16-5-11-8(12(18)19)4-15-6-17-11/h1-4,6,16H,5H2,(H,18,19). The molecule has 7 heteroatoms. The van der Waals surface area contributed by atoms with Crippen LogP contribution in [0.5, 0.6) is 0 Å². The molecule has 0 aliphatic carbocycles. The van der Waals surface area contributed by atoms with Crippen molar-refractivity contribution < 1.29 is 14.3 Å². The number of benzene rings is 1. The lowest BCUT2D eigenvalue weighted by atomic mass is 10.2. The fraction of sp³-hybridized carbons (Fsp3) is 0.0833. The van der Waals surface area contributed by atoms with Gasteiger partial charge in [0.05, 0.1) is 16.7 Å². The number of rotatable bonds is 4. The second-order valence-electron chi connectivity index (χ2n) is 3.67. The molecule has 2 aromatic rings. The van der Waals surface area contributed by atoms with Gasteiger partial charge in [-0.1, -0.05) is 0 Å². The number of carbonyl (C=O) groups is 1. The monoisotopic (exact) mass is 325 g/mol. The molecular formula is C12H9BrFN3O2. The first-order valence-electron chi connectivity index (χ1n) is 5.29. The molecule has 0 atom stereocenters. The van der Waals surface area contributed by atoms with Crippen molar-refractivity contribution in [1.29, 1.82) is 0 Å². The maximum atomic E-state index is 13.1. The zero-order chi connectivity index (χ0) is 13.8. The minimum absolute atomic E-state index is 0.0381. The summed E-state index contributed by atoms with van der Waals surface area (Å²) in [5.41, 5.74) is 1.06. The second-order valence-corrected chi connectivity index (χ2v) is 4.53. The van der Waals surface area contributed by atoms with Gasteiger partial charge < -0.3 is 10.4 Å². The number of carboxylic acids is 1. The summed E-state index contributed by atoms with van der Waals surface area (Å²) in [5.74, 6) is -1.45. The number of nitrogens with zero attached hydrogens (tertiary/aromatic N) is 2. The number of carboxylic acid groups (broad SMARTS) is 1. The predicted molar refractivity (Wildman–Crippen MR) is 70.4 cm³/mol. The molecule has 5 nitrogen and oxygen atoms in total. The summed E-state index contributed by atoms with van der Waals surface area (Å²) in [6.45, 7) is 0.211. The van der Waals surface area contributed by atoms with Crippen LogP contribution in [-0.4, -0.2) is 21.0 Å². The molecule has 19 heavy (non-hydrogen) atoms. The third-order valence-electron chi connectivity index (χ3n) is 2.40. The minimum atomic E-state index is -1.09. The van der Waals surface area contributed by atoms with Gasteiger partial charge in [-0.3, -0.25) is 0 Å². The molecule has 0 aliphatic heterocycles. The van der Waals surface area contributed by atoms with Crippen molar-refractivity contribution in [3.8, 4) is 0 Å². The first-order valence-corrected chi connectivity index (χ1v) is 6.08. The molecule has 0 amide bonds. The first kappa shape index (κ1) is 13.4. The lowest BCUT2D eigenvalue weighted by molar-refractivity contribution is 0.0694. The molecule has 0 saturated carbocycles. The van der Waals surface area contributed by atoms with Crippen molar-refractivity contribution in [2.24, 2.45) is 0 Å². The topological polar surface area (TPSA) is 75.1 Å². The van der Waals surface area contributed by atoms with Crippen LogP contribution in [0.3, 0.4) is 0 Å². The summed E-state index contributed by atoms with van der Waals surface area (Å²) >= 11 is 3.08. The van der Waals surface area contributed by atoms with Crippen LogP contribution in [0, 0.1) is 5.82 Å². The Labute approximate surface area is 116 Å². The average Bonchev–Trinajstić information content (AvgIpc) is 2.40. The van der Waals surface area contributed by atoms with Crippen LogP contribution in [0.15, 0.2) is 35.2 Å². The molecule has 0 bridgehead atoms. The molecule has 98 valence electrons. The van der Waals surface area contributed by atoms with Gasteiger partial charge in [0.2, 0.25) is 0 Å². The second kappa shape index (κ2) is 5.75. The van der Waals surface area contributed by atoms with Gasteiger partial charge >= 0.3 is 5.97 Å². The van der Waals surface area contributed by atoms with E-state index in [9.17, 15) is 9.18 Å². The van der Waals surface area contributed by atoms with Gasteiger partial charge in [-0.05, 0) is 34.1 Å². The van der Waals surface area contributed by atoms with E-state index >= 15 is 0 Å². The molecule has 0 radical (unpaired) electrons. The Balaban J connectivity index is 2.14. The Morgan fingerprint density at radius 3 is 2.95 bits per heavy atom. The lowest BCUT2D eigenvalue weighted by Gasteiger charge is -2.08. The van der Waals surface area contributed by atoms with E-state index in [0.717, 1.165) is 0 Å². The van der Waals surface area contributed by atoms with E-state index in [1.807, 2.05) is 0 Å². The third-order valence-corrected chi connectivity index (χ3v) is 3.01. The largest absolute Gasteiger partial charge is 0.478 e. The molecule has 1 aromatic carbocycles. The van der Waals surface area contributed by atoms with Crippen LogP contribution >= 0.6 is 15.9 Å². The van der Waals surface area contributed by atoms with Crippen molar-refractivity contribution >= 4 is 27.6 Å². The molecule has 2 N–H and O–H groups in total. The molecule has 0 aliphatic rings. The first-order chi connectivity index (χ1) is 9.08. The molecule has 0 spiro atoms. The SMILES string of the molecule is O=C(O)c1cncnc1CNc1ccc(F)c(Br)c1. The predicted octanol–water partition coefficient (Wildman–Crippen LogP) is 2.69.